The van der Waals surface area contributed by atoms with Crippen LogP contribution in [0.1, 0.15) is 5.56 Å². The summed E-state index contributed by atoms with van der Waals surface area (Å²) >= 11 is 0. The van der Waals surface area contributed by atoms with Crippen LogP contribution in [0.25, 0.3) is 22.0 Å². The molecule has 2 aromatic carbocycles. The van der Waals surface area contributed by atoms with Gasteiger partial charge in [-0.15, -0.1) is 5.10 Å². The molecule has 0 unspecified atom stereocenters. The Morgan fingerprint density at radius 1 is 1.11 bits per heavy atom. The predicted octanol–water partition coefficient (Wildman–Crippen LogP) is 2.37. The monoisotopic (exact) mass is 251 g/mol. The van der Waals surface area contributed by atoms with E-state index in [1.807, 2.05) is 30.3 Å². The van der Waals surface area contributed by atoms with Gasteiger partial charge in [0.15, 0.2) is 0 Å². The molecule has 0 saturated heterocycles. The molecular formula is C15H13N3O. The lowest BCUT2D eigenvalue weighted by Gasteiger charge is -2.09. The van der Waals surface area contributed by atoms with Crippen molar-refractivity contribution in [1.82, 2.24) is 10.2 Å². The Bertz CT molecular complexity index is 735. The largest absolute Gasteiger partial charge is 0.399 e. The molecule has 4 heteroatoms. The second-order valence-corrected chi connectivity index (χ2v) is 4.36. The number of hydrogen-bond donors (Lipinski definition) is 2. The van der Waals surface area contributed by atoms with Crippen molar-refractivity contribution in [2.45, 2.75) is 6.61 Å². The normalized spacial score (nSPS) is 10.8. The van der Waals surface area contributed by atoms with Crippen LogP contribution in [-0.4, -0.2) is 15.3 Å². The number of benzene rings is 2. The zero-order valence-corrected chi connectivity index (χ0v) is 10.2. The van der Waals surface area contributed by atoms with E-state index in [0.29, 0.717) is 5.69 Å². The molecule has 0 atom stereocenters. The average Bonchev–Trinajstić information content (AvgIpc) is 2.46. The number of fused-ring (bicyclic) bond motifs is 1. The van der Waals surface area contributed by atoms with Gasteiger partial charge in [-0.1, -0.05) is 30.3 Å². The molecule has 0 amide bonds. The zero-order valence-electron chi connectivity index (χ0n) is 10.2. The molecule has 0 aliphatic heterocycles. The van der Waals surface area contributed by atoms with Gasteiger partial charge in [-0.05, 0) is 17.7 Å². The molecule has 1 aromatic heterocycles. The Labute approximate surface area is 110 Å². The zero-order chi connectivity index (χ0) is 13.2. The number of nitrogens with two attached hydrogens (primary N) is 1. The summed E-state index contributed by atoms with van der Waals surface area (Å²) in [5, 5.41) is 19.7. The number of aliphatic hydroxyl groups is 1. The third kappa shape index (κ3) is 2.02. The van der Waals surface area contributed by atoms with E-state index in [9.17, 15) is 5.11 Å². The third-order valence-electron chi connectivity index (χ3n) is 3.13. The summed E-state index contributed by atoms with van der Waals surface area (Å²) in [7, 11) is 0. The molecule has 1 heterocycles. The van der Waals surface area contributed by atoms with Gasteiger partial charge in [0.1, 0.15) is 5.69 Å². The van der Waals surface area contributed by atoms with Gasteiger partial charge in [-0.3, -0.25) is 0 Å². The van der Waals surface area contributed by atoms with Crippen molar-refractivity contribution in [2.75, 3.05) is 5.73 Å². The van der Waals surface area contributed by atoms with Gasteiger partial charge in [0.25, 0.3) is 0 Å². The smallest absolute Gasteiger partial charge is 0.101 e. The number of anilines is 1. The number of aromatic nitrogens is 2. The van der Waals surface area contributed by atoms with E-state index in [-0.39, 0.29) is 6.61 Å². The molecule has 3 aromatic rings. The molecule has 4 nitrogen and oxygen atoms in total. The first-order chi connectivity index (χ1) is 9.29. The fourth-order valence-electron chi connectivity index (χ4n) is 2.20. The number of aliphatic hydroxyl groups excluding tert-OH is 1. The molecule has 0 aliphatic rings. The van der Waals surface area contributed by atoms with E-state index in [1.54, 1.807) is 18.3 Å². The fraction of sp³-hybridized carbons (Fsp3) is 0.0667. The molecule has 0 aliphatic carbocycles. The maximum absolute atomic E-state index is 9.47. The van der Waals surface area contributed by atoms with Crippen molar-refractivity contribution >= 4 is 16.5 Å². The minimum atomic E-state index is -0.0781. The van der Waals surface area contributed by atoms with E-state index in [4.69, 9.17) is 5.73 Å². The lowest BCUT2D eigenvalue weighted by atomic mass is 10.00. The van der Waals surface area contributed by atoms with Crippen molar-refractivity contribution in [1.29, 1.82) is 0 Å². The quantitative estimate of drug-likeness (QED) is 0.686. The van der Waals surface area contributed by atoms with Gasteiger partial charge >= 0.3 is 0 Å². The topological polar surface area (TPSA) is 72.0 Å². The summed E-state index contributed by atoms with van der Waals surface area (Å²) in [6, 6.07) is 13.3. The van der Waals surface area contributed by atoms with Crippen LogP contribution in [0.5, 0.6) is 0 Å². The summed E-state index contributed by atoms with van der Waals surface area (Å²) in [6.07, 6.45) is 1.73. The number of rotatable bonds is 2. The highest BCUT2D eigenvalue weighted by Crippen LogP contribution is 2.29. The van der Waals surface area contributed by atoms with Gasteiger partial charge in [-0.2, -0.15) is 5.10 Å². The van der Waals surface area contributed by atoms with Crippen LogP contribution in [-0.2, 0) is 6.61 Å². The van der Waals surface area contributed by atoms with Crippen LogP contribution < -0.4 is 5.73 Å². The first-order valence-corrected chi connectivity index (χ1v) is 5.99. The molecule has 0 radical (unpaired) electrons. The molecule has 3 rings (SSSR count). The Balaban J connectivity index is 2.30. The third-order valence-corrected chi connectivity index (χ3v) is 3.13. The van der Waals surface area contributed by atoms with Gasteiger partial charge in [0.05, 0.1) is 12.8 Å². The Hall–Kier alpha value is -2.46. The first-order valence-electron chi connectivity index (χ1n) is 5.99. The van der Waals surface area contributed by atoms with Crippen LogP contribution in [0.2, 0.25) is 0 Å². The van der Waals surface area contributed by atoms with Crippen molar-refractivity contribution < 1.29 is 5.11 Å². The van der Waals surface area contributed by atoms with Crippen molar-refractivity contribution in [3.63, 3.8) is 0 Å². The maximum Gasteiger partial charge on any atom is 0.101 e. The highest BCUT2D eigenvalue weighted by Gasteiger charge is 2.10. The Morgan fingerprint density at radius 2 is 1.95 bits per heavy atom. The van der Waals surface area contributed by atoms with Crippen LogP contribution in [0.4, 0.5) is 5.69 Å². The highest BCUT2D eigenvalue weighted by atomic mass is 16.3. The van der Waals surface area contributed by atoms with Gasteiger partial charge in [-0.25, -0.2) is 0 Å². The van der Waals surface area contributed by atoms with Crippen molar-refractivity contribution in [3.05, 3.63) is 54.2 Å². The SMILES string of the molecule is Nc1ccc(-c2nncc3ccccc23)c(CO)c1. The average molecular weight is 251 g/mol. The number of hydrogen-bond acceptors (Lipinski definition) is 4. The van der Waals surface area contributed by atoms with E-state index in [2.05, 4.69) is 10.2 Å². The molecular weight excluding hydrogens is 238 g/mol. The molecule has 0 bridgehead atoms. The van der Waals surface area contributed by atoms with E-state index in [0.717, 1.165) is 27.6 Å². The Morgan fingerprint density at radius 3 is 2.79 bits per heavy atom. The standard InChI is InChI=1S/C15H13N3O/c16-12-5-6-14(11(7-12)9-19)15-13-4-2-1-3-10(13)8-17-18-15/h1-8,19H,9,16H2. The molecule has 3 N–H and O–H groups in total. The van der Waals surface area contributed by atoms with E-state index in [1.165, 1.54) is 0 Å². The summed E-state index contributed by atoms with van der Waals surface area (Å²) in [6.45, 7) is -0.0781. The molecule has 0 spiro atoms. The minimum Gasteiger partial charge on any atom is -0.399 e. The second kappa shape index (κ2) is 4.66. The first kappa shape index (κ1) is 11.6. The Kier molecular flexibility index (Phi) is 2.85. The summed E-state index contributed by atoms with van der Waals surface area (Å²) < 4.78 is 0. The number of nitrogens with zero attached hydrogens (tertiary/aromatic N) is 2. The molecule has 0 saturated carbocycles. The van der Waals surface area contributed by atoms with Gasteiger partial charge < -0.3 is 10.8 Å². The van der Waals surface area contributed by atoms with E-state index < -0.39 is 0 Å². The maximum atomic E-state index is 9.47. The molecule has 19 heavy (non-hydrogen) atoms. The lowest BCUT2D eigenvalue weighted by molar-refractivity contribution is 0.282. The predicted molar refractivity (Wildman–Crippen MR) is 75.3 cm³/mol. The summed E-state index contributed by atoms with van der Waals surface area (Å²) in [5.41, 5.74) is 8.76. The van der Waals surface area contributed by atoms with Crippen molar-refractivity contribution in [3.8, 4) is 11.3 Å². The molecule has 0 fully saturated rings. The van der Waals surface area contributed by atoms with Crippen LogP contribution >= 0.6 is 0 Å². The second-order valence-electron chi connectivity index (χ2n) is 4.36. The van der Waals surface area contributed by atoms with Gasteiger partial charge in [0, 0.05) is 22.0 Å². The van der Waals surface area contributed by atoms with E-state index >= 15 is 0 Å². The van der Waals surface area contributed by atoms with Crippen LogP contribution in [0.3, 0.4) is 0 Å². The van der Waals surface area contributed by atoms with Crippen LogP contribution in [0, 0.1) is 0 Å². The fourth-order valence-corrected chi connectivity index (χ4v) is 2.20. The van der Waals surface area contributed by atoms with Gasteiger partial charge in [0.2, 0.25) is 0 Å². The minimum absolute atomic E-state index is 0.0781. The highest BCUT2D eigenvalue weighted by molar-refractivity contribution is 5.94. The molecule has 94 valence electrons. The summed E-state index contributed by atoms with van der Waals surface area (Å²) in [5.74, 6) is 0. The lowest BCUT2D eigenvalue weighted by Crippen LogP contribution is -1.96. The van der Waals surface area contributed by atoms with Crippen molar-refractivity contribution in [2.24, 2.45) is 0 Å². The van der Waals surface area contributed by atoms with Crippen LogP contribution in [0.15, 0.2) is 48.7 Å². The summed E-state index contributed by atoms with van der Waals surface area (Å²) in [4.78, 5) is 0. The number of nitrogen functional groups attached to an aromatic ring is 1.